The maximum absolute atomic E-state index is 12.5. The van der Waals surface area contributed by atoms with E-state index in [9.17, 15) is 36.0 Å². The van der Waals surface area contributed by atoms with Crippen LogP contribution < -0.4 is 0 Å². The number of carbonyl (C=O) groups excluding carboxylic acids is 4. The predicted octanol–water partition coefficient (Wildman–Crippen LogP) is 1.78. The van der Waals surface area contributed by atoms with Crippen molar-refractivity contribution in [3.05, 3.63) is 59.7 Å². The van der Waals surface area contributed by atoms with Crippen LogP contribution in [0, 0.1) is 0 Å². The molecule has 0 unspecified atom stereocenters. The van der Waals surface area contributed by atoms with Crippen molar-refractivity contribution in [1.29, 1.82) is 0 Å². The van der Waals surface area contributed by atoms with Crippen molar-refractivity contribution in [3.63, 3.8) is 0 Å². The molecular weight excluding hydrogens is 460 g/mol. The minimum Gasteiger partial charge on any atom is -0.267 e. The van der Waals surface area contributed by atoms with Crippen molar-refractivity contribution in [2.24, 2.45) is 0 Å². The van der Waals surface area contributed by atoms with Gasteiger partial charge in [-0.25, -0.2) is 16.8 Å². The van der Waals surface area contributed by atoms with Crippen molar-refractivity contribution in [1.82, 2.24) is 8.61 Å². The van der Waals surface area contributed by atoms with Crippen LogP contribution in [0.3, 0.4) is 0 Å². The third kappa shape index (κ3) is 3.50. The van der Waals surface area contributed by atoms with Gasteiger partial charge in [0.25, 0.3) is 31.9 Å². The number of hydrogen-bond acceptors (Lipinski definition) is 8. The minimum atomic E-state index is -4.71. The SMILES string of the molecule is CC.CC.O=C(C(=O)N1C(=O)c2ccccc2S1(=O)=O)N1C(=O)c2ccccc2S1(=O)=O. The highest BCUT2D eigenvalue weighted by molar-refractivity contribution is 7.91. The Morgan fingerprint density at radius 2 is 0.875 bits per heavy atom. The van der Waals surface area contributed by atoms with Crippen LogP contribution in [0.2, 0.25) is 0 Å². The maximum atomic E-state index is 12.5. The van der Waals surface area contributed by atoms with Crippen LogP contribution in [0.15, 0.2) is 58.3 Å². The molecule has 0 aromatic heterocycles. The topological polar surface area (TPSA) is 143 Å². The lowest BCUT2D eigenvalue weighted by Gasteiger charge is -2.16. The summed E-state index contributed by atoms with van der Waals surface area (Å²) in [4.78, 5) is 48.8. The molecule has 4 rings (SSSR count). The number of carbonyl (C=O) groups is 4. The second-order valence-electron chi connectivity index (χ2n) is 5.75. The normalized spacial score (nSPS) is 16.8. The van der Waals surface area contributed by atoms with E-state index in [4.69, 9.17) is 0 Å². The fourth-order valence-corrected chi connectivity index (χ4v) is 5.93. The zero-order valence-corrected chi connectivity index (χ0v) is 19.2. The van der Waals surface area contributed by atoms with Crippen LogP contribution in [-0.2, 0) is 29.6 Å². The lowest BCUT2D eigenvalue weighted by Crippen LogP contribution is -2.49. The number of nitrogens with zero attached hydrogens (tertiary/aromatic N) is 2. The average Bonchev–Trinajstić information content (AvgIpc) is 3.13. The van der Waals surface area contributed by atoms with Crippen LogP contribution in [0.1, 0.15) is 48.4 Å². The second kappa shape index (κ2) is 9.01. The standard InChI is InChI=1S/C16H8N2O8S2.2C2H6/c19-13-9-5-1-3-7-11(9)27(23,24)17(13)15(21)16(22)18-14(20)10-6-2-4-8-12(10)28(18,25)26;2*1-2/h1-8H;2*1-2H3. The third-order valence-corrected chi connectivity index (χ3v) is 7.64. The highest BCUT2D eigenvalue weighted by Crippen LogP contribution is 2.33. The summed E-state index contributed by atoms with van der Waals surface area (Å²) in [5.41, 5.74) is -0.690. The van der Waals surface area contributed by atoms with Crippen LogP contribution in [0.4, 0.5) is 0 Å². The summed E-state index contributed by atoms with van der Waals surface area (Å²) < 4.78 is 49.3. The number of hydrogen-bond donors (Lipinski definition) is 0. The number of benzene rings is 2. The molecule has 2 aliphatic rings. The number of amides is 4. The summed E-state index contributed by atoms with van der Waals surface area (Å²) >= 11 is 0. The molecule has 4 amide bonds. The van der Waals surface area contributed by atoms with Gasteiger partial charge in [0.1, 0.15) is 9.79 Å². The fourth-order valence-electron chi connectivity index (χ4n) is 2.95. The lowest BCUT2D eigenvalue weighted by atomic mass is 10.2. The molecule has 0 bridgehead atoms. The molecule has 2 aliphatic heterocycles. The largest absolute Gasteiger partial charge is 0.334 e. The summed E-state index contributed by atoms with van der Waals surface area (Å²) in [5.74, 6) is -6.55. The monoisotopic (exact) mass is 480 g/mol. The Hall–Kier alpha value is -3.38. The van der Waals surface area contributed by atoms with Crippen LogP contribution in [0.5, 0.6) is 0 Å². The number of fused-ring (bicyclic) bond motifs is 2. The zero-order chi connectivity index (χ0) is 24.4. The van der Waals surface area contributed by atoms with Crippen molar-refractivity contribution in [3.8, 4) is 0 Å². The summed E-state index contributed by atoms with van der Waals surface area (Å²) in [6.07, 6.45) is 0. The Kier molecular flexibility index (Phi) is 7.00. The van der Waals surface area contributed by atoms with E-state index in [0.717, 1.165) is 24.3 Å². The molecule has 32 heavy (non-hydrogen) atoms. The quantitative estimate of drug-likeness (QED) is 0.519. The number of rotatable bonds is 0. The second-order valence-corrected chi connectivity index (χ2v) is 9.26. The molecule has 0 spiro atoms. The molecule has 0 radical (unpaired) electrons. The van der Waals surface area contributed by atoms with Gasteiger partial charge in [0.05, 0.1) is 11.1 Å². The van der Waals surface area contributed by atoms with E-state index in [1.807, 2.05) is 27.7 Å². The lowest BCUT2D eigenvalue weighted by molar-refractivity contribution is -0.143. The number of imide groups is 2. The van der Waals surface area contributed by atoms with Crippen molar-refractivity contribution >= 4 is 43.7 Å². The first-order valence-corrected chi connectivity index (χ1v) is 12.4. The zero-order valence-electron chi connectivity index (χ0n) is 17.6. The van der Waals surface area contributed by atoms with E-state index in [1.54, 1.807) is 0 Å². The molecule has 0 saturated carbocycles. The van der Waals surface area contributed by atoms with Gasteiger partial charge in [-0.15, -0.1) is 0 Å². The fraction of sp³-hybridized carbons (Fsp3) is 0.200. The molecule has 2 aromatic carbocycles. The van der Waals surface area contributed by atoms with Crippen LogP contribution in [-0.4, -0.2) is 49.1 Å². The minimum absolute atomic E-state index is 0.328. The first kappa shape index (κ1) is 24.9. The van der Waals surface area contributed by atoms with Gasteiger partial charge in [-0.3, -0.25) is 19.2 Å². The smallest absolute Gasteiger partial charge is 0.267 e. The van der Waals surface area contributed by atoms with Gasteiger partial charge >= 0.3 is 11.8 Å². The first-order valence-electron chi connectivity index (χ1n) is 9.56. The van der Waals surface area contributed by atoms with Crippen LogP contribution >= 0.6 is 0 Å². The summed E-state index contributed by atoms with van der Waals surface area (Å²) in [5, 5.41) is 0. The van der Waals surface area contributed by atoms with Crippen molar-refractivity contribution < 1.29 is 36.0 Å². The molecule has 0 atom stereocenters. The Morgan fingerprint density at radius 1 is 0.594 bits per heavy atom. The van der Waals surface area contributed by atoms with Crippen molar-refractivity contribution in [2.75, 3.05) is 0 Å². The van der Waals surface area contributed by atoms with Gasteiger partial charge in [0.2, 0.25) is 0 Å². The van der Waals surface area contributed by atoms with E-state index in [1.165, 1.54) is 24.3 Å². The molecule has 0 N–H and O–H groups in total. The van der Waals surface area contributed by atoms with E-state index in [0.29, 0.717) is 0 Å². The molecule has 170 valence electrons. The van der Waals surface area contributed by atoms with Gasteiger partial charge in [-0.05, 0) is 24.3 Å². The molecule has 2 aromatic rings. The highest BCUT2D eigenvalue weighted by Gasteiger charge is 2.53. The molecule has 0 saturated heterocycles. The molecule has 0 aliphatic carbocycles. The van der Waals surface area contributed by atoms with E-state index >= 15 is 0 Å². The Bertz CT molecular complexity index is 1230. The predicted molar refractivity (Wildman–Crippen MR) is 112 cm³/mol. The molecular formula is C20H20N2O8S2. The van der Waals surface area contributed by atoms with Gasteiger partial charge in [0.15, 0.2) is 0 Å². The van der Waals surface area contributed by atoms with E-state index < -0.39 is 53.5 Å². The molecule has 12 heteroatoms. The first-order chi connectivity index (χ1) is 15.1. The third-order valence-electron chi connectivity index (χ3n) is 4.19. The van der Waals surface area contributed by atoms with Crippen LogP contribution in [0.25, 0.3) is 0 Å². The maximum Gasteiger partial charge on any atom is 0.334 e. The number of sulfonamides is 2. The summed E-state index contributed by atoms with van der Waals surface area (Å²) in [6.45, 7) is 8.00. The van der Waals surface area contributed by atoms with E-state index in [2.05, 4.69) is 0 Å². The average molecular weight is 481 g/mol. The van der Waals surface area contributed by atoms with Gasteiger partial charge in [0, 0.05) is 0 Å². The Labute approximate surface area is 185 Å². The summed E-state index contributed by atoms with van der Waals surface area (Å²) in [6, 6.07) is 9.73. The molecule has 0 fully saturated rings. The van der Waals surface area contributed by atoms with Gasteiger partial charge < -0.3 is 0 Å². The Morgan fingerprint density at radius 3 is 1.16 bits per heavy atom. The summed E-state index contributed by atoms with van der Waals surface area (Å²) in [7, 11) is -9.42. The Balaban J connectivity index is 0.000000860. The van der Waals surface area contributed by atoms with Gasteiger partial charge in [-0.2, -0.15) is 8.61 Å². The highest BCUT2D eigenvalue weighted by atomic mass is 32.2. The van der Waals surface area contributed by atoms with Gasteiger partial charge in [-0.1, -0.05) is 52.0 Å². The molecule has 10 nitrogen and oxygen atoms in total. The van der Waals surface area contributed by atoms with Crippen molar-refractivity contribution in [2.45, 2.75) is 37.5 Å². The van der Waals surface area contributed by atoms with E-state index in [-0.39, 0.29) is 19.7 Å². The molecule has 2 heterocycles.